The first-order valence-corrected chi connectivity index (χ1v) is 19.4. The van der Waals surface area contributed by atoms with E-state index in [0.29, 0.717) is 23.7 Å². The fraction of sp³-hybridized carbons (Fsp3) is 0.568. The minimum absolute atomic E-state index is 0.0752. The lowest BCUT2D eigenvalue weighted by Crippen LogP contribution is -2.09. The highest BCUT2D eigenvalue weighted by atomic mass is 16.6. The number of esters is 1. The minimum Gasteiger partial charge on any atom is -0.490 e. The topological polar surface area (TPSA) is 44.8 Å². The Labute approximate surface area is 293 Å². The number of hydrogen-bond donors (Lipinski definition) is 0. The third kappa shape index (κ3) is 15.9. The van der Waals surface area contributed by atoms with Gasteiger partial charge in [0, 0.05) is 6.61 Å². The van der Waals surface area contributed by atoms with Crippen molar-refractivity contribution >= 4 is 5.97 Å². The molecule has 0 saturated carbocycles. The Morgan fingerprint density at radius 1 is 0.521 bits per heavy atom. The second kappa shape index (κ2) is 24.9. The van der Waals surface area contributed by atoms with Gasteiger partial charge < -0.3 is 14.2 Å². The van der Waals surface area contributed by atoms with Crippen LogP contribution < -0.4 is 9.47 Å². The van der Waals surface area contributed by atoms with Gasteiger partial charge in [0.25, 0.3) is 0 Å². The molecule has 0 N–H and O–H groups in total. The number of hydrogen-bond acceptors (Lipinski definition) is 4. The molecule has 48 heavy (non-hydrogen) atoms. The molecule has 0 aliphatic carbocycles. The molecule has 0 fully saturated rings. The summed E-state index contributed by atoms with van der Waals surface area (Å²) in [5, 5.41) is 0. The zero-order valence-corrected chi connectivity index (χ0v) is 30.5. The van der Waals surface area contributed by atoms with Crippen LogP contribution in [0.5, 0.6) is 11.5 Å². The van der Waals surface area contributed by atoms with Crippen molar-refractivity contribution in [3.05, 3.63) is 83.9 Å². The molecule has 0 bridgehead atoms. The maximum atomic E-state index is 12.8. The molecule has 0 saturated heterocycles. The highest BCUT2D eigenvalue weighted by Gasteiger charge is 2.13. The largest absolute Gasteiger partial charge is 0.490 e. The van der Waals surface area contributed by atoms with Gasteiger partial charge in [-0.3, -0.25) is 0 Å². The lowest BCUT2D eigenvalue weighted by atomic mass is 10.0. The van der Waals surface area contributed by atoms with E-state index >= 15 is 0 Å². The zero-order valence-electron chi connectivity index (χ0n) is 30.5. The van der Waals surface area contributed by atoms with Crippen molar-refractivity contribution < 1.29 is 19.0 Å². The predicted molar refractivity (Wildman–Crippen MR) is 202 cm³/mol. The van der Waals surface area contributed by atoms with Gasteiger partial charge in [-0.2, -0.15) is 0 Å². The fourth-order valence-electron chi connectivity index (χ4n) is 6.13. The molecule has 3 rings (SSSR count). The van der Waals surface area contributed by atoms with E-state index in [9.17, 15) is 4.79 Å². The SMILES string of the molecule is CCCCCCCCCCCCCCCCCCCCOC(C)c1ccc(-c2ccc(C(=O)Oc3ccccc3OCCC)cc2)cc1. The van der Waals surface area contributed by atoms with Crippen LogP contribution in [0, 0.1) is 0 Å². The van der Waals surface area contributed by atoms with E-state index in [1.54, 1.807) is 6.07 Å². The molecule has 0 heterocycles. The maximum absolute atomic E-state index is 12.8. The number of ether oxygens (including phenoxy) is 3. The molecular formula is C44H64O4. The monoisotopic (exact) mass is 656 g/mol. The van der Waals surface area contributed by atoms with Gasteiger partial charge in [0.05, 0.1) is 18.3 Å². The molecule has 0 radical (unpaired) electrons. The van der Waals surface area contributed by atoms with Crippen molar-refractivity contribution in [1.29, 1.82) is 0 Å². The van der Waals surface area contributed by atoms with E-state index in [-0.39, 0.29) is 6.10 Å². The van der Waals surface area contributed by atoms with Gasteiger partial charge in [-0.05, 0) is 60.7 Å². The normalized spacial score (nSPS) is 11.8. The summed E-state index contributed by atoms with van der Waals surface area (Å²) in [6.07, 6.45) is 26.0. The number of para-hydroxylation sites is 2. The van der Waals surface area contributed by atoms with Crippen LogP contribution in [0.2, 0.25) is 0 Å². The van der Waals surface area contributed by atoms with Crippen molar-refractivity contribution in [3.63, 3.8) is 0 Å². The second-order valence-electron chi connectivity index (χ2n) is 13.4. The van der Waals surface area contributed by atoms with Crippen molar-refractivity contribution in [2.75, 3.05) is 13.2 Å². The molecule has 3 aromatic rings. The van der Waals surface area contributed by atoms with E-state index in [0.717, 1.165) is 30.6 Å². The van der Waals surface area contributed by atoms with Crippen LogP contribution in [-0.2, 0) is 4.74 Å². The van der Waals surface area contributed by atoms with Gasteiger partial charge in [-0.1, -0.05) is 172 Å². The van der Waals surface area contributed by atoms with Crippen LogP contribution in [0.3, 0.4) is 0 Å². The van der Waals surface area contributed by atoms with Gasteiger partial charge in [-0.15, -0.1) is 0 Å². The molecule has 4 nitrogen and oxygen atoms in total. The molecule has 0 spiro atoms. The summed E-state index contributed by atoms with van der Waals surface area (Å²) >= 11 is 0. The first-order valence-electron chi connectivity index (χ1n) is 19.4. The summed E-state index contributed by atoms with van der Waals surface area (Å²) in [4.78, 5) is 12.8. The third-order valence-corrected chi connectivity index (χ3v) is 9.21. The Morgan fingerprint density at radius 3 is 1.48 bits per heavy atom. The van der Waals surface area contributed by atoms with Crippen molar-refractivity contribution in [2.24, 2.45) is 0 Å². The van der Waals surface area contributed by atoms with E-state index in [1.165, 1.54) is 115 Å². The van der Waals surface area contributed by atoms with E-state index in [1.807, 2.05) is 49.4 Å². The van der Waals surface area contributed by atoms with Crippen molar-refractivity contribution in [1.82, 2.24) is 0 Å². The van der Waals surface area contributed by atoms with Gasteiger partial charge >= 0.3 is 5.97 Å². The Kier molecular flexibility index (Phi) is 20.4. The van der Waals surface area contributed by atoms with Gasteiger partial charge in [0.1, 0.15) is 0 Å². The Balaban J connectivity index is 1.22. The summed E-state index contributed by atoms with van der Waals surface area (Å²) in [7, 11) is 0. The van der Waals surface area contributed by atoms with Gasteiger partial charge in [-0.25, -0.2) is 4.79 Å². The smallest absolute Gasteiger partial charge is 0.343 e. The first-order chi connectivity index (χ1) is 23.6. The minimum atomic E-state index is -0.398. The highest BCUT2D eigenvalue weighted by molar-refractivity contribution is 5.92. The van der Waals surface area contributed by atoms with Crippen LogP contribution >= 0.6 is 0 Å². The maximum Gasteiger partial charge on any atom is 0.343 e. The lowest BCUT2D eigenvalue weighted by molar-refractivity contribution is 0.0627. The number of carbonyl (C=O) groups excluding carboxylic acids is 1. The number of carbonyl (C=O) groups is 1. The van der Waals surface area contributed by atoms with Crippen molar-refractivity contribution in [3.8, 4) is 22.6 Å². The van der Waals surface area contributed by atoms with E-state index < -0.39 is 5.97 Å². The molecule has 0 aliphatic heterocycles. The van der Waals surface area contributed by atoms with Crippen molar-refractivity contribution in [2.45, 2.75) is 149 Å². The molecule has 264 valence electrons. The van der Waals surface area contributed by atoms with Crippen LogP contribution in [-0.4, -0.2) is 19.2 Å². The standard InChI is InChI=1S/C44H64O4/c1-4-6-7-8-9-10-11-12-13-14-15-16-17-18-19-20-21-24-36-46-37(3)38-27-29-39(30-28-38)40-31-33-41(34-32-40)44(45)48-43-26-23-22-25-42(43)47-35-5-2/h22-23,25-34,37H,4-21,24,35-36H2,1-3H3. The zero-order chi connectivity index (χ0) is 34.1. The van der Waals surface area contributed by atoms with Gasteiger partial charge in [0.2, 0.25) is 0 Å². The van der Waals surface area contributed by atoms with E-state index in [4.69, 9.17) is 14.2 Å². The number of rotatable bonds is 27. The number of benzene rings is 3. The van der Waals surface area contributed by atoms with Crippen LogP contribution in [0.4, 0.5) is 0 Å². The predicted octanol–water partition coefficient (Wildman–Crippen LogP) is 13.5. The molecule has 0 aliphatic rings. The third-order valence-electron chi connectivity index (χ3n) is 9.21. The van der Waals surface area contributed by atoms with Crippen LogP contribution in [0.15, 0.2) is 72.8 Å². The molecule has 1 atom stereocenters. The highest BCUT2D eigenvalue weighted by Crippen LogP contribution is 2.28. The molecule has 0 aromatic heterocycles. The Hall–Kier alpha value is -3.11. The summed E-state index contributed by atoms with van der Waals surface area (Å²) in [5.74, 6) is 0.621. The molecule has 4 heteroatoms. The number of unbranched alkanes of at least 4 members (excludes halogenated alkanes) is 17. The van der Waals surface area contributed by atoms with Crippen LogP contribution in [0.25, 0.3) is 11.1 Å². The molecule has 1 unspecified atom stereocenters. The van der Waals surface area contributed by atoms with Gasteiger partial charge in [0.15, 0.2) is 11.5 Å². The average molecular weight is 657 g/mol. The Morgan fingerprint density at radius 2 is 0.979 bits per heavy atom. The fourth-order valence-corrected chi connectivity index (χ4v) is 6.13. The lowest BCUT2D eigenvalue weighted by Gasteiger charge is -2.14. The molecule has 0 amide bonds. The molecular weight excluding hydrogens is 592 g/mol. The van der Waals surface area contributed by atoms with Crippen LogP contribution in [0.1, 0.15) is 165 Å². The van der Waals surface area contributed by atoms with E-state index in [2.05, 4.69) is 38.1 Å². The summed E-state index contributed by atoms with van der Waals surface area (Å²) < 4.78 is 17.5. The Bertz CT molecular complexity index is 1230. The summed E-state index contributed by atoms with van der Waals surface area (Å²) in [6.45, 7) is 7.86. The average Bonchev–Trinajstić information content (AvgIpc) is 3.12. The summed E-state index contributed by atoms with van der Waals surface area (Å²) in [6, 6.07) is 23.4. The first kappa shape index (κ1) is 39.3. The second-order valence-corrected chi connectivity index (χ2v) is 13.4. The quantitative estimate of drug-likeness (QED) is 0.0465. The summed E-state index contributed by atoms with van der Waals surface area (Å²) in [5.41, 5.74) is 3.84. The molecule has 3 aromatic carbocycles.